The molecule has 134 valence electrons. The Kier molecular flexibility index (Phi) is 5.54. The van der Waals surface area contributed by atoms with Crippen molar-refractivity contribution in [2.45, 2.75) is 17.9 Å². The zero-order valence-corrected chi connectivity index (χ0v) is 14.4. The summed E-state index contributed by atoms with van der Waals surface area (Å²) in [4.78, 5) is 14.3. The normalized spacial score (nSPS) is 20.3. The van der Waals surface area contributed by atoms with Crippen LogP contribution in [-0.4, -0.2) is 76.0 Å². The Morgan fingerprint density at radius 3 is 2.54 bits per heavy atom. The molecule has 1 amide bonds. The SMILES string of the molecule is O=C(NCCN1CCOCC1)c1ccc(S(=O)(=O)N2CCCC2)o1. The number of sulfonamides is 1. The lowest BCUT2D eigenvalue weighted by Crippen LogP contribution is -2.41. The van der Waals surface area contributed by atoms with Crippen LogP contribution in [0.1, 0.15) is 23.4 Å². The van der Waals surface area contributed by atoms with Crippen LogP contribution in [0.2, 0.25) is 0 Å². The summed E-state index contributed by atoms with van der Waals surface area (Å²) in [6, 6.07) is 2.76. The smallest absolute Gasteiger partial charge is 0.287 e. The van der Waals surface area contributed by atoms with Gasteiger partial charge in [-0.15, -0.1) is 0 Å². The molecular weight excluding hydrogens is 334 g/mol. The maximum Gasteiger partial charge on any atom is 0.287 e. The number of nitrogens with one attached hydrogen (secondary N) is 1. The van der Waals surface area contributed by atoms with Crippen LogP contribution in [0.4, 0.5) is 0 Å². The van der Waals surface area contributed by atoms with E-state index < -0.39 is 15.9 Å². The van der Waals surface area contributed by atoms with Gasteiger partial charge in [0.05, 0.1) is 13.2 Å². The number of ether oxygens (including phenoxy) is 1. The minimum atomic E-state index is -3.62. The van der Waals surface area contributed by atoms with E-state index in [4.69, 9.17) is 9.15 Å². The van der Waals surface area contributed by atoms with Crippen molar-refractivity contribution in [1.82, 2.24) is 14.5 Å². The van der Waals surface area contributed by atoms with E-state index in [1.807, 2.05) is 0 Å². The topological polar surface area (TPSA) is 92.1 Å². The lowest BCUT2D eigenvalue weighted by molar-refractivity contribution is 0.0382. The Morgan fingerprint density at radius 1 is 1.12 bits per heavy atom. The van der Waals surface area contributed by atoms with Gasteiger partial charge in [0.1, 0.15) is 0 Å². The molecule has 0 radical (unpaired) electrons. The fraction of sp³-hybridized carbons (Fsp3) is 0.667. The Morgan fingerprint density at radius 2 is 1.83 bits per heavy atom. The molecule has 2 saturated heterocycles. The van der Waals surface area contributed by atoms with E-state index in [0.29, 0.717) is 32.8 Å². The molecule has 9 heteroatoms. The minimum absolute atomic E-state index is 0.0229. The van der Waals surface area contributed by atoms with Gasteiger partial charge in [-0.1, -0.05) is 0 Å². The van der Waals surface area contributed by atoms with Crippen LogP contribution in [0, 0.1) is 0 Å². The summed E-state index contributed by atoms with van der Waals surface area (Å²) < 4.78 is 36.7. The molecule has 2 aliphatic rings. The number of morpholine rings is 1. The summed E-state index contributed by atoms with van der Waals surface area (Å²) in [5.74, 6) is -0.374. The van der Waals surface area contributed by atoms with Crippen LogP contribution in [0.3, 0.4) is 0 Å². The molecule has 1 aromatic heterocycles. The number of rotatable bonds is 6. The Labute approximate surface area is 141 Å². The lowest BCUT2D eigenvalue weighted by atomic mass is 10.4. The molecule has 3 rings (SSSR count). The highest BCUT2D eigenvalue weighted by atomic mass is 32.2. The van der Waals surface area contributed by atoms with Crippen molar-refractivity contribution in [2.24, 2.45) is 0 Å². The van der Waals surface area contributed by atoms with E-state index in [-0.39, 0.29) is 10.9 Å². The average molecular weight is 357 g/mol. The molecule has 0 spiro atoms. The molecule has 0 unspecified atom stereocenters. The monoisotopic (exact) mass is 357 g/mol. The highest BCUT2D eigenvalue weighted by molar-refractivity contribution is 7.89. The molecule has 1 aromatic rings. The van der Waals surface area contributed by atoms with E-state index in [0.717, 1.165) is 32.5 Å². The highest BCUT2D eigenvalue weighted by Crippen LogP contribution is 2.22. The van der Waals surface area contributed by atoms with Crippen molar-refractivity contribution in [3.8, 4) is 0 Å². The van der Waals surface area contributed by atoms with Gasteiger partial charge in [0.25, 0.3) is 15.9 Å². The fourth-order valence-corrected chi connectivity index (χ4v) is 4.30. The first kappa shape index (κ1) is 17.4. The van der Waals surface area contributed by atoms with Crippen molar-refractivity contribution in [3.63, 3.8) is 0 Å². The van der Waals surface area contributed by atoms with E-state index in [1.54, 1.807) is 0 Å². The second-order valence-corrected chi connectivity index (χ2v) is 7.81. The standard InChI is InChI=1S/C15H23N3O5S/c19-15(16-5-8-17-9-11-22-12-10-17)13-3-4-14(23-13)24(20,21)18-6-1-2-7-18/h3-4H,1-2,5-12H2,(H,16,19). The summed E-state index contributed by atoms with van der Waals surface area (Å²) in [5, 5.41) is 2.59. The predicted octanol–water partition coefficient (Wildman–Crippen LogP) is 0.126. The lowest BCUT2D eigenvalue weighted by Gasteiger charge is -2.26. The number of carbonyl (C=O) groups excluding carboxylic acids is 1. The summed E-state index contributed by atoms with van der Waals surface area (Å²) in [5.41, 5.74) is 0. The molecular formula is C15H23N3O5S. The van der Waals surface area contributed by atoms with Crippen LogP contribution in [-0.2, 0) is 14.8 Å². The molecule has 2 aliphatic heterocycles. The van der Waals surface area contributed by atoms with E-state index >= 15 is 0 Å². The summed E-state index contributed by atoms with van der Waals surface area (Å²) in [7, 11) is -3.62. The molecule has 2 fully saturated rings. The average Bonchev–Trinajstić information content (AvgIpc) is 3.28. The van der Waals surface area contributed by atoms with Crippen molar-refractivity contribution in [1.29, 1.82) is 0 Å². The number of hydrogen-bond donors (Lipinski definition) is 1. The second-order valence-electron chi connectivity index (χ2n) is 5.94. The quantitative estimate of drug-likeness (QED) is 0.778. The van der Waals surface area contributed by atoms with Crippen LogP contribution in [0.5, 0.6) is 0 Å². The molecule has 1 N–H and O–H groups in total. The number of amides is 1. The molecule has 0 atom stereocenters. The third kappa shape index (κ3) is 3.97. The van der Waals surface area contributed by atoms with Crippen molar-refractivity contribution < 1.29 is 22.4 Å². The van der Waals surface area contributed by atoms with Crippen molar-refractivity contribution in [2.75, 3.05) is 52.5 Å². The Hall–Kier alpha value is -1.42. The van der Waals surface area contributed by atoms with Gasteiger partial charge in [-0.3, -0.25) is 9.69 Å². The van der Waals surface area contributed by atoms with Gasteiger partial charge >= 0.3 is 0 Å². The highest BCUT2D eigenvalue weighted by Gasteiger charge is 2.30. The minimum Gasteiger partial charge on any atom is -0.438 e. The molecule has 0 aromatic carbocycles. The first-order chi connectivity index (χ1) is 11.6. The summed E-state index contributed by atoms with van der Waals surface area (Å²) in [6.07, 6.45) is 1.71. The van der Waals surface area contributed by atoms with E-state index in [1.165, 1.54) is 16.4 Å². The van der Waals surface area contributed by atoms with Gasteiger partial charge in [-0.2, -0.15) is 4.31 Å². The molecule has 0 bridgehead atoms. The molecule has 0 saturated carbocycles. The number of nitrogens with zero attached hydrogens (tertiary/aromatic N) is 2. The number of furan rings is 1. The zero-order chi connectivity index (χ0) is 17.0. The third-order valence-electron chi connectivity index (χ3n) is 4.28. The van der Waals surface area contributed by atoms with Gasteiger partial charge in [-0.05, 0) is 25.0 Å². The summed E-state index contributed by atoms with van der Waals surface area (Å²) in [6.45, 7) is 5.36. The van der Waals surface area contributed by atoms with Crippen LogP contribution in [0.15, 0.2) is 21.6 Å². The van der Waals surface area contributed by atoms with Crippen LogP contribution in [0.25, 0.3) is 0 Å². The van der Waals surface area contributed by atoms with Gasteiger partial charge in [0.2, 0.25) is 5.09 Å². The molecule has 0 aliphatic carbocycles. The zero-order valence-electron chi connectivity index (χ0n) is 13.6. The van der Waals surface area contributed by atoms with Crippen LogP contribution < -0.4 is 5.32 Å². The Balaban J connectivity index is 1.53. The van der Waals surface area contributed by atoms with Crippen LogP contribution >= 0.6 is 0 Å². The van der Waals surface area contributed by atoms with Crippen molar-refractivity contribution >= 4 is 15.9 Å². The predicted molar refractivity (Wildman–Crippen MR) is 86.3 cm³/mol. The fourth-order valence-electron chi connectivity index (χ4n) is 2.88. The maximum atomic E-state index is 12.4. The van der Waals surface area contributed by atoms with Gasteiger partial charge in [0.15, 0.2) is 5.76 Å². The summed E-state index contributed by atoms with van der Waals surface area (Å²) >= 11 is 0. The largest absolute Gasteiger partial charge is 0.438 e. The number of carbonyl (C=O) groups is 1. The van der Waals surface area contributed by atoms with E-state index in [2.05, 4.69) is 10.2 Å². The van der Waals surface area contributed by atoms with Gasteiger partial charge in [-0.25, -0.2) is 8.42 Å². The first-order valence-corrected chi connectivity index (χ1v) is 9.70. The Bertz CT molecular complexity index is 660. The van der Waals surface area contributed by atoms with E-state index in [9.17, 15) is 13.2 Å². The molecule has 24 heavy (non-hydrogen) atoms. The second kappa shape index (κ2) is 7.64. The van der Waals surface area contributed by atoms with Gasteiger partial charge < -0.3 is 14.5 Å². The number of hydrogen-bond acceptors (Lipinski definition) is 6. The molecule has 3 heterocycles. The first-order valence-electron chi connectivity index (χ1n) is 8.26. The van der Waals surface area contributed by atoms with Gasteiger partial charge in [0, 0.05) is 39.3 Å². The third-order valence-corrected chi connectivity index (χ3v) is 6.05. The van der Waals surface area contributed by atoms with Crippen molar-refractivity contribution in [3.05, 3.63) is 17.9 Å². The maximum absolute atomic E-state index is 12.4. The molecule has 8 nitrogen and oxygen atoms in total.